The molecule has 0 aliphatic heterocycles. The molecule has 0 saturated heterocycles. The van der Waals surface area contributed by atoms with E-state index in [0.717, 1.165) is 12.1 Å². The normalized spacial score (nSPS) is 11.3. The van der Waals surface area contributed by atoms with Crippen molar-refractivity contribution in [2.45, 2.75) is 20.0 Å². The Hall–Kier alpha value is -2.97. The summed E-state index contributed by atoms with van der Waals surface area (Å²) in [6.45, 7) is 2.55. The van der Waals surface area contributed by atoms with Gasteiger partial charge in [0.05, 0.1) is 10.5 Å². The zero-order valence-electron chi connectivity index (χ0n) is 11.3. The number of imide groups is 1. The first kappa shape index (κ1) is 16.1. The van der Waals surface area contributed by atoms with Crippen LogP contribution in [0, 0.1) is 10.1 Å². The lowest BCUT2D eigenvalue weighted by Crippen LogP contribution is -2.42. The fourth-order valence-electron chi connectivity index (χ4n) is 1.48. The molecular weight excluding hydrogens is 282 g/mol. The smallest absolute Gasteiger partial charge is 0.318 e. The van der Waals surface area contributed by atoms with Gasteiger partial charge in [0.2, 0.25) is 0 Å². The van der Waals surface area contributed by atoms with Crippen LogP contribution < -0.4 is 15.8 Å². The second kappa shape index (κ2) is 6.46. The van der Waals surface area contributed by atoms with Crippen molar-refractivity contribution in [3.63, 3.8) is 0 Å². The van der Waals surface area contributed by atoms with E-state index in [4.69, 9.17) is 10.5 Å². The summed E-state index contributed by atoms with van der Waals surface area (Å²) in [5, 5.41) is 12.5. The molecule has 0 fully saturated rings. The molecule has 1 aromatic carbocycles. The lowest BCUT2D eigenvalue weighted by Gasteiger charge is -2.15. The number of benzene rings is 1. The van der Waals surface area contributed by atoms with Gasteiger partial charge in [0.1, 0.15) is 5.75 Å². The molecule has 0 aromatic heterocycles. The van der Waals surface area contributed by atoms with Crippen molar-refractivity contribution in [3.8, 4) is 5.75 Å². The van der Waals surface area contributed by atoms with Gasteiger partial charge < -0.3 is 10.5 Å². The summed E-state index contributed by atoms with van der Waals surface area (Å²) in [4.78, 5) is 43.6. The first-order valence-corrected chi connectivity index (χ1v) is 5.78. The first-order chi connectivity index (χ1) is 9.72. The van der Waals surface area contributed by atoms with Crippen molar-refractivity contribution in [2.24, 2.45) is 5.73 Å². The van der Waals surface area contributed by atoms with E-state index in [-0.39, 0.29) is 17.0 Å². The number of nitrogens with two attached hydrogens (primary N) is 1. The highest BCUT2D eigenvalue weighted by Gasteiger charge is 2.20. The lowest BCUT2D eigenvalue weighted by atomic mass is 10.1. The van der Waals surface area contributed by atoms with E-state index in [1.165, 1.54) is 19.9 Å². The maximum atomic E-state index is 11.5. The molecule has 0 heterocycles. The van der Waals surface area contributed by atoms with Crippen LogP contribution >= 0.6 is 0 Å². The van der Waals surface area contributed by atoms with Gasteiger partial charge in [-0.2, -0.15) is 0 Å². The Balaban J connectivity index is 3.02. The van der Waals surface area contributed by atoms with Crippen molar-refractivity contribution in [1.82, 2.24) is 5.32 Å². The minimum Gasteiger partial charge on any atom is -0.480 e. The minimum absolute atomic E-state index is 0.000204. The number of ether oxygens (including phenoxy) is 1. The highest BCUT2D eigenvalue weighted by atomic mass is 16.6. The molecule has 0 saturated carbocycles. The SMILES string of the molecule is CC(=O)c1cc([N+](=O)[O-])ccc1OC(C)C(=O)NC(N)=O. The average molecular weight is 295 g/mol. The van der Waals surface area contributed by atoms with Crippen LogP contribution in [0.2, 0.25) is 0 Å². The second-order valence-corrected chi connectivity index (χ2v) is 4.11. The quantitative estimate of drug-likeness (QED) is 0.466. The van der Waals surface area contributed by atoms with E-state index in [0.29, 0.717) is 0 Å². The van der Waals surface area contributed by atoms with E-state index in [2.05, 4.69) is 0 Å². The summed E-state index contributed by atoms with van der Waals surface area (Å²) in [5.41, 5.74) is 4.49. The topological polar surface area (TPSA) is 142 Å². The van der Waals surface area contributed by atoms with Gasteiger partial charge in [-0.15, -0.1) is 0 Å². The number of amides is 3. The number of nitro groups is 1. The fourth-order valence-corrected chi connectivity index (χ4v) is 1.48. The largest absolute Gasteiger partial charge is 0.480 e. The van der Waals surface area contributed by atoms with Crippen LogP contribution in [0.3, 0.4) is 0 Å². The van der Waals surface area contributed by atoms with Crippen molar-refractivity contribution in [2.75, 3.05) is 0 Å². The van der Waals surface area contributed by atoms with Crippen LogP contribution in [-0.4, -0.2) is 28.7 Å². The Kier molecular flexibility index (Phi) is 4.95. The van der Waals surface area contributed by atoms with Gasteiger partial charge in [-0.05, 0) is 19.9 Å². The Morgan fingerprint density at radius 2 is 2.00 bits per heavy atom. The van der Waals surface area contributed by atoms with Gasteiger partial charge in [-0.3, -0.25) is 25.0 Å². The maximum Gasteiger partial charge on any atom is 0.318 e. The van der Waals surface area contributed by atoms with Crippen molar-refractivity contribution in [1.29, 1.82) is 0 Å². The van der Waals surface area contributed by atoms with Crippen molar-refractivity contribution >= 4 is 23.4 Å². The number of urea groups is 1. The number of carbonyl (C=O) groups excluding carboxylic acids is 3. The molecule has 0 bridgehead atoms. The van der Waals surface area contributed by atoms with Crippen molar-refractivity contribution < 1.29 is 24.0 Å². The average Bonchev–Trinajstić information content (AvgIpc) is 2.37. The van der Waals surface area contributed by atoms with Crippen LogP contribution in [0.25, 0.3) is 0 Å². The van der Waals surface area contributed by atoms with E-state index < -0.39 is 28.7 Å². The zero-order valence-corrected chi connectivity index (χ0v) is 11.3. The van der Waals surface area contributed by atoms with E-state index in [9.17, 15) is 24.5 Å². The number of hydrogen-bond donors (Lipinski definition) is 2. The number of ketones is 1. The van der Waals surface area contributed by atoms with Gasteiger partial charge >= 0.3 is 6.03 Å². The summed E-state index contributed by atoms with van der Waals surface area (Å²) in [6, 6.07) is 2.37. The number of rotatable bonds is 5. The van der Waals surface area contributed by atoms with Gasteiger partial charge in [-0.1, -0.05) is 0 Å². The van der Waals surface area contributed by atoms with E-state index in [1.54, 1.807) is 0 Å². The zero-order chi connectivity index (χ0) is 16.2. The highest BCUT2D eigenvalue weighted by molar-refractivity contribution is 5.98. The minimum atomic E-state index is -1.11. The number of carbonyl (C=O) groups is 3. The number of primary amides is 1. The summed E-state index contributed by atoms with van der Waals surface area (Å²) in [6.07, 6.45) is -1.11. The predicted molar refractivity (Wildman–Crippen MR) is 70.9 cm³/mol. The van der Waals surface area contributed by atoms with Gasteiger partial charge in [0.15, 0.2) is 11.9 Å². The second-order valence-electron chi connectivity index (χ2n) is 4.11. The third-order valence-corrected chi connectivity index (χ3v) is 2.47. The number of Topliss-reactive ketones (excluding diaryl/α,β-unsaturated/α-hetero) is 1. The molecule has 1 rings (SSSR count). The number of non-ortho nitro benzene ring substituents is 1. The Bertz CT molecular complexity index is 613. The third-order valence-electron chi connectivity index (χ3n) is 2.47. The Morgan fingerprint density at radius 1 is 1.38 bits per heavy atom. The molecule has 0 radical (unpaired) electrons. The molecule has 3 N–H and O–H groups in total. The number of nitrogens with zero attached hydrogens (tertiary/aromatic N) is 1. The van der Waals surface area contributed by atoms with Crippen LogP contribution in [0.15, 0.2) is 18.2 Å². The number of nitrogens with one attached hydrogen (secondary N) is 1. The van der Waals surface area contributed by atoms with Gasteiger partial charge in [0, 0.05) is 12.1 Å². The third kappa shape index (κ3) is 4.27. The summed E-state index contributed by atoms with van der Waals surface area (Å²) < 4.78 is 5.24. The molecule has 9 nitrogen and oxygen atoms in total. The summed E-state index contributed by atoms with van der Waals surface area (Å²) in [5.74, 6) is -1.26. The molecule has 0 aliphatic rings. The van der Waals surface area contributed by atoms with Gasteiger partial charge in [0.25, 0.3) is 11.6 Å². The van der Waals surface area contributed by atoms with Crippen LogP contribution in [0.1, 0.15) is 24.2 Å². The summed E-state index contributed by atoms with van der Waals surface area (Å²) >= 11 is 0. The standard InChI is InChI=1S/C12H13N3O6/c1-6(16)9-5-8(15(19)20)3-4-10(9)21-7(2)11(17)14-12(13)18/h3-5,7H,1-2H3,(H3,13,14,17,18). The Labute approximate surface area is 119 Å². The molecule has 9 heteroatoms. The number of hydrogen-bond acceptors (Lipinski definition) is 6. The monoisotopic (exact) mass is 295 g/mol. The van der Waals surface area contributed by atoms with Gasteiger partial charge in [-0.25, -0.2) is 4.79 Å². The van der Waals surface area contributed by atoms with Crippen LogP contribution in [-0.2, 0) is 4.79 Å². The Morgan fingerprint density at radius 3 is 2.48 bits per heavy atom. The van der Waals surface area contributed by atoms with E-state index in [1.807, 2.05) is 5.32 Å². The molecule has 0 spiro atoms. The first-order valence-electron chi connectivity index (χ1n) is 5.78. The lowest BCUT2D eigenvalue weighted by molar-refractivity contribution is -0.384. The summed E-state index contributed by atoms with van der Waals surface area (Å²) in [7, 11) is 0. The molecule has 1 atom stereocenters. The number of nitro benzene ring substituents is 1. The molecule has 1 unspecified atom stereocenters. The predicted octanol–water partition coefficient (Wildman–Crippen LogP) is 0.760. The molecule has 3 amide bonds. The maximum absolute atomic E-state index is 11.5. The van der Waals surface area contributed by atoms with Crippen LogP contribution in [0.5, 0.6) is 5.75 Å². The molecule has 21 heavy (non-hydrogen) atoms. The molecular formula is C12H13N3O6. The van der Waals surface area contributed by atoms with Crippen molar-refractivity contribution in [3.05, 3.63) is 33.9 Å². The molecule has 1 aromatic rings. The van der Waals surface area contributed by atoms with E-state index >= 15 is 0 Å². The fraction of sp³-hybridized carbons (Fsp3) is 0.250. The molecule has 112 valence electrons. The molecule has 0 aliphatic carbocycles. The van der Waals surface area contributed by atoms with Crippen LogP contribution in [0.4, 0.5) is 10.5 Å². The highest BCUT2D eigenvalue weighted by Crippen LogP contribution is 2.25.